The minimum atomic E-state index is -6.01. The molecule has 8 nitrogen and oxygen atoms in total. The number of nitriles is 2. The summed E-state index contributed by atoms with van der Waals surface area (Å²) < 4.78 is 116. The minimum Gasteiger partial charge on any atom is -0.382 e. The van der Waals surface area contributed by atoms with Gasteiger partial charge in [-0.05, 0) is 7.05 Å². The summed E-state index contributed by atoms with van der Waals surface area (Å²) in [6.45, 7) is -2.23. The van der Waals surface area contributed by atoms with Crippen molar-refractivity contribution in [2.24, 2.45) is 12.9 Å². The van der Waals surface area contributed by atoms with E-state index in [0.717, 1.165) is 11.0 Å². The van der Waals surface area contributed by atoms with Crippen LogP contribution in [0.5, 0.6) is 0 Å². The number of aromatic nitrogens is 2. The molecule has 0 unspecified atom stereocenters. The number of Topliss-reactive ketones (excluding diaryl/α,β-unsaturated/α-hetero) is 1. The Morgan fingerprint density at radius 2 is 1.60 bits per heavy atom. The lowest BCUT2D eigenvalue weighted by Gasteiger charge is -2.18. The van der Waals surface area contributed by atoms with Crippen molar-refractivity contribution >= 4 is 5.78 Å². The quantitative estimate of drug-likeness (QED) is 0.202. The molecule has 0 fully saturated rings. The number of allylic oxidation sites excluding steroid dienone is 1. The summed E-state index contributed by atoms with van der Waals surface area (Å²) in [6.07, 6.45) is -8.70. The molecule has 1 rings (SSSR count). The van der Waals surface area contributed by atoms with Crippen molar-refractivity contribution in [3.8, 4) is 12.1 Å². The first-order valence-corrected chi connectivity index (χ1v) is 8.12. The van der Waals surface area contributed by atoms with Crippen LogP contribution in [0.4, 0.5) is 43.9 Å². The van der Waals surface area contributed by atoms with E-state index < -0.39 is 42.3 Å². The van der Waals surface area contributed by atoms with Gasteiger partial charge in [0.1, 0.15) is 23.3 Å². The predicted octanol–water partition coefficient (Wildman–Crippen LogP) is 3.39. The van der Waals surface area contributed by atoms with E-state index in [9.17, 15) is 48.7 Å². The van der Waals surface area contributed by atoms with Crippen LogP contribution in [0.2, 0.25) is 0 Å². The molecule has 0 spiro atoms. The summed E-state index contributed by atoms with van der Waals surface area (Å²) in [6, 6.07) is 2.66. The van der Waals surface area contributed by atoms with Gasteiger partial charge in [-0.1, -0.05) is 7.43 Å². The SMILES string of the molecule is C.CN(C)/C=C(/C#N)C(=O)C(F)(F)C(F)(F)F.CNN.Cn1cc(C#N)c(F)n1.FCC(F)(F)F. The van der Waals surface area contributed by atoms with Crippen molar-refractivity contribution in [3.63, 3.8) is 0 Å². The van der Waals surface area contributed by atoms with Crippen molar-refractivity contribution in [2.45, 2.75) is 25.7 Å². The Morgan fingerprint density at radius 3 is 1.77 bits per heavy atom. The monoisotopic (exact) mass is 531 g/mol. The Hall–Kier alpha value is -3.38. The Morgan fingerprint density at radius 1 is 1.20 bits per heavy atom. The number of nitrogens with two attached hydrogens (primary N) is 1. The number of ketones is 1. The minimum absolute atomic E-state index is 0. The zero-order chi connectivity index (χ0) is 27.9. The fourth-order valence-electron chi connectivity index (χ4n) is 1.23. The van der Waals surface area contributed by atoms with Crippen LogP contribution in [-0.2, 0) is 11.8 Å². The fraction of sp³-hybridized carbons (Fsp3) is 0.529. The zero-order valence-corrected chi connectivity index (χ0v) is 17.9. The van der Waals surface area contributed by atoms with Crippen LogP contribution in [-0.4, -0.2) is 66.6 Å². The standard InChI is InChI=1S/C8H7F5N2O.C5H4FN3.C2H2F4.CH6N2.CH4/c1-15(2)4-5(3-14)6(16)7(9,10)8(11,12)13;1-9-3-4(2-7)5(6)8-9;3-1-2(4,5)6;1-3-2;/h4H,1-2H3;3H,1H3;1H2;3H,2H2,1H3;1H4/b5-4-;;;;. The first-order chi connectivity index (χ1) is 15.2. The van der Waals surface area contributed by atoms with E-state index in [1.165, 1.54) is 25.0 Å². The first-order valence-electron chi connectivity index (χ1n) is 8.12. The number of nitrogens with zero attached hydrogens (tertiary/aromatic N) is 5. The maximum absolute atomic E-state index is 12.5. The van der Waals surface area contributed by atoms with Gasteiger partial charge in [-0.15, -0.1) is 5.10 Å². The van der Waals surface area contributed by atoms with Crippen LogP contribution >= 0.6 is 0 Å². The highest BCUT2D eigenvalue weighted by Crippen LogP contribution is 2.37. The highest BCUT2D eigenvalue weighted by atomic mass is 19.4. The second-order valence-corrected chi connectivity index (χ2v) is 5.68. The number of halogens is 10. The summed E-state index contributed by atoms with van der Waals surface area (Å²) in [7, 11) is 5.76. The maximum atomic E-state index is 12.5. The van der Waals surface area contributed by atoms with Crippen LogP contribution in [0.25, 0.3) is 0 Å². The number of aryl methyl sites for hydroxylation is 1. The van der Waals surface area contributed by atoms with Crippen LogP contribution in [0.3, 0.4) is 0 Å². The van der Waals surface area contributed by atoms with Crippen molar-refractivity contribution in [3.05, 3.63) is 29.5 Å². The van der Waals surface area contributed by atoms with Crippen LogP contribution in [0.15, 0.2) is 18.0 Å². The number of carbonyl (C=O) groups is 1. The molecule has 1 aromatic heterocycles. The van der Waals surface area contributed by atoms with Gasteiger partial charge in [0.25, 0.3) is 5.78 Å². The largest absolute Gasteiger partial charge is 0.461 e. The van der Waals surface area contributed by atoms with Crippen molar-refractivity contribution in [2.75, 3.05) is 27.8 Å². The van der Waals surface area contributed by atoms with E-state index in [1.54, 1.807) is 20.2 Å². The molecule has 0 aliphatic carbocycles. The van der Waals surface area contributed by atoms with Crippen molar-refractivity contribution in [1.29, 1.82) is 10.5 Å². The molecule has 18 heteroatoms. The van der Waals surface area contributed by atoms with Gasteiger partial charge in [0, 0.05) is 33.5 Å². The highest BCUT2D eigenvalue weighted by Gasteiger charge is 2.63. The summed E-state index contributed by atoms with van der Waals surface area (Å²) in [5, 5.41) is 19.8. The molecule has 0 atom stereocenters. The molecule has 0 bridgehead atoms. The molecule has 1 heterocycles. The maximum Gasteiger partial charge on any atom is 0.461 e. The molecule has 0 aliphatic heterocycles. The lowest BCUT2D eigenvalue weighted by atomic mass is 10.1. The molecular formula is C17H23F10N7O. The summed E-state index contributed by atoms with van der Waals surface area (Å²) in [5.41, 5.74) is 0.977. The second-order valence-electron chi connectivity index (χ2n) is 5.68. The van der Waals surface area contributed by atoms with Gasteiger partial charge in [-0.25, -0.2) is 4.39 Å². The van der Waals surface area contributed by atoms with Gasteiger partial charge in [0.2, 0.25) is 5.95 Å². The zero-order valence-electron chi connectivity index (χ0n) is 17.9. The average Bonchev–Trinajstić information content (AvgIpc) is 3.02. The smallest absolute Gasteiger partial charge is 0.382 e. The average molecular weight is 531 g/mol. The first kappa shape index (κ1) is 38.9. The summed E-state index contributed by atoms with van der Waals surface area (Å²) in [4.78, 5) is 11.8. The van der Waals surface area contributed by atoms with Crippen LogP contribution in [0, 0.1) is 28.6 Å². The number of alkyl halides is 9. The molecule has 0 aromatic carbocycles. The third-order valence-corrected chi connectivity index (χ3v) is 2.45. The van der Waals surface area contributed by atoms with E-state index in [0.29, 0.717) is 6.20 Å². The Bertz CT molecular complexity index is 863. The lowest BCUT2D eigenvalue weighted by molar-refractivity contribution is -0.266. The number of rotatable bonds is 3. The molecule has 0 radical (unpaired) electrons. The summed E-state index contributed by atoms with van der Waals surface area (Å²) >= 11 is 0. The molecule has 35 heavy (non-hydrogen) atoms. The van der Waals surface area contributed by atoms with E-state index >= 15 is 0 Å². The molecule has 0 saturated heterocycles. The third-order valence-electron chi connectivity index (χ3n) is 2.45. The number of hydrogen-bond acceptors (Lipinski definition) is 7. The van der Waals surface area contributed by atoms with E-state index in [-0.39, 0.29) is 13.0 Å². The van der Waals surface area contributed by atoms with Gasteiger partial charge in [0.05, 0.1) is 0 Å². The molecule has 0 amide bonds. The summed E-state index contributed by atoms with van der Waals surface area (Å²) in [5.74, 6) is -4.22. The molecular weight excluding hydrogens is 508 g/mol. The highest BCUT2D eigenvalue weighted by molar-refractivity contribution is 6.04. The predicted molar refractivity (Wildman–Crippen MR) is 103 cm³/mol. The number of hydrogen-bond donors (Lipinski definition) is 2. The van der Waals surface area contributed by atoms with E-state index in [2.05, 4.69) is 16.4 Å². The van der Waals surface area contributed by atoms with Gasteiger partial charge in [-0.3, -0.25) is 20.7 Å². The third kappa shape index (κ3) is 16.8. The van der Waals surface area contributed by atoms with Crippen molar-refractivity contribution < 1.29 is 48.7 Å². The normalized spacial score (nSPS) is 10.9. The molecule has 0 saturated carbocycles. The Balaban J connectivity index is -0.000000212. The molecule has 202 valence electrons. The van der Waals surface area contributed by atoms with E-state index in [1.807, 2.05) is 0 Å². The van der Waals surface area contributed by atoms with E-state index in [4.69, 9.17) is 10.5 Å². The number of nitrogens with one attached hydrogen (secondary N) is 1. The van der Waals surface area contributed by atoms with Gasteiger partial charge in [0.15, 0.2) is 6.67 Å². The Labute approximate surface area is 194 Å². The van der Waals surface area contributed by atoms with Crippen LogP contribution in [0.1, 0.15) is 13.0 Å². The van der Waals surface area contributed by atoms with Gasteiger partial charge >= 0.3 is 18.3 Å². The number of hydrazine groups is 1. The lowest BCUT2D eigenvalue weighted by Crippen LogP contribution is -2.44. The van der Waals surface area contributed by atoms with Gasteiger partial charge in [-0.2, -0.15) is 50.0 Å². The van der Waals surface area contributed by atoms with Crippen LogP contribution < -0.4 is 11.3 Å². The second kappa shape index (κ2) is 17.1. The Kier molecular flexibility index (Phi) is 19.0. The van der Waals surface area contributed by atoms with Gasteiger partial charge < -0.3 is 4.90 Å². The number of carbonyl (C=O) groups excluding carboxylic acids is 1. The molecule has 1 aromatic rings. The molecule has 0 aliphatic rings. The fourth-order valence-corrected chi connectivity index (χ4v) is 1.23. The van der Waals surface area contributed by atoms with Crippen molar-refractivity contribution in [1.82, 2.24) is 20.1 Å². The topological polar surface area (TPSA) is 124 Å². The molecule has 3 N–H and O–H groups in total.